The molecule has 3 N–H and O–H groups in total. The lowest BCUT2D eigenvalue weighted by Gasteiger charge is -2.12. The van der Waals surface area contributed by atoms with E-state index in [2.05, 4.69) is 16.5 Å². The highest BCUT2D eigenvalue weighted by atomic mass is 32.2. The third-order valence-electron chi connectivity index (χ3n) is 6.66. The minimum Gasteiger partial charge on any atom is -0.504 e. The van der Waals surface area contributed by atoms with Crippen molar-refractivity contribution in [2.24, 2.45) is 0 Å². The number of imidazole rings is 1. The van der Waals surface area contributed by atoms with Crippen LogP contribution in [0.4, 0.5) is 0 Å². The first-order valence-corrected chi connectivity index (χ1v) is 13.7. The minimum atomic E-state index is -3.21. The first kappa shape index (κ1) is 23.9. The van der Waals surface area contributed by atoms with Gasteiger partial charge in [0.1, 0.15) is 5.82 Å². The van der Waals surface area contributed by atoms with Gasteiger partial charge in [-0.1, -0.05) is 43.8 Å². The Balaban J connectivity index is 1.36. The summed E-state index contributed by atoms with van der Waals surface area (Å²) in [6, 6.07) is 17.9. The first-order chi connectivity index (χ1) is 17.3. The number of nitrogens with one attached hydrogen (secondary N) is 1. The van der Waals surface area contributed by atoms with E-state index in [9.17, 15) is 18.6 Å². The number of nitrogens with zero attached hydrogens (tertiary/aromatic N) is 2. The van der Waals surface area contributed by atoms with Gasteiger partial charge >= 0.3 is 0 Å². The molecule has 3 aromatic carbocycles. The molecule has 4 aromatic rings. The molecule has 0 spiro atoms. The second-order valence-electron chi connectivity index (χ2n) is 9.20. The number of hydrogen-bond donors (Lipinski definition) is 3. The molecule has 0 atom stereocenters. The molecule has 0 unspecified atom stereocenters. The van der Waals surface area contributed by atoms with Gasteiger partial charge in [0.15, 0.2) is 21.3 Å². The van der Waals surface area contributed by atoms with Crippen LogP contribution in [0.15, 0.2) is 72.1 Å². The smallest absolute Gasteiger partial charge is 0.178 e. The third kappa shape index (κ3) is 4.68. The van der Waals surface area contributed by atoms with Gasteiger partial charge in [0.05, 0.1) is 28.2 Å². The Morgan fingerprint density at radius 1 is 1.11 bits per heavy atom. The summed E-state index contributed by atoms with van der Waals surface area (Å²) in [4.78, 5) is 5.25. The molecule has 186 valence electrons. The SMILES string of the molecule is C=C(NCc1ccc(S(=O)(=O)CC)cc1)c1ccc2c(c1)nc(C1CC1)n2Cc1cccc(O)c1O. The molecule has 5 rings (SSSR count). The average Bonchev–Trinajstić information content (AvgIpc) is 3.67. The molecule has 36 heavy (non-hydrogen) atoms. The maximum atomic E-state index is 12.0. The molecule has 0 radical (unpaired) electrons. The van der Waals surface area contributed by atoms with Crippen LogP contribution < -0.4 is 5.32 Å². The number of phenolic OH excluding ortho intramolecular Hbond substituents is 2. The number of rotatable bonds is 9. The molecule has 0 bridgehead atoms. The number of phenols is 2. The molecule has 1 aromatic heterocycles. The van der Waals surface area contributed by atoms with Crippen LogP contribution in [0.25, 0.3) is 16.7 Å². The second-order valence-corrected chi connectivity index (χ2v) is 11.5. The molecule has 0 saturated heterocycles. The molecule has 1 aliphatic rings. The highest BCUT2D eigenvalue weighted by molar-refractivity contribution is 7.91. The molecule has 0 amide bonds. The number of aromatic nitrogens is 2. The standard InChI is InChI=1S/C28H29N3O4S/c1-3-36(34,35)23-12-7-19(8-13-23)16-29-18(2)21-11-14-25-24(15-21)30-28(20-9-10-20)31(25)17-22-5-4-6-26(32)27(22)33/h4-8,11-15,20,29,32-33H,2-3,9-10,16-17H2,1H3. The van der Waals surface area contributed by atoms with Crippen molar-refractivity contribution in [3.8, 4) is 11.5 Å². The highest BCUT2D eigenvalue weighted by Gasteiger charge is 2.30. The zero-order valence-electron chi connectivity index (χ0n) is 20.1. The fourth-order valence-corrected chi connectivity index (χ4v) is 5.21. The van der Waals surface area contributed by atoms with E-state index in [1.807, 2.05) is 36.4 Å². The maximum absolute atomic E-state index is 12.0. The highest BCUT2D eigenvalue weighted by Crippen LogP contribution is 2.41. The Hall–Kier alpha value is -3.78. The largest absolute Gasteiger partial charge is 0.504 e. The van der Waals surface area contributed by atoms with E-state index in [1.165, 1.54) is 6.07 Å². The van der Waals surface area contributed by atoms with E-state index in [0.29, 0.717) is 29.5 Å². The summed E-state index contributed by atoms with van der Waals surface area (Å²) < 4.78 is 26.1. The molecule has 1 aliphatic carbocycles. The van der Waals surface area contributed by atoms with Crippen LogP contribution in [0.3, 0.4) is 0 Å². The van der Waals surface area contributed by atoms with Crippen LogP contribution in [-0.4, -0.2) is 33.9 Å². The van der Waals surface area contributed by atoms with Crippen LogP contribution in [0.5, 0.6) is 11.5 Å². The predicted octanol–water partition coefficient (Wildman–Crippen LogP) is 4.93. The van der Waals surface area contributed by atoms with Crippen LogP contribution in [0.1, 0.15) is 48.2 Å². The molecule has 8 heteroatoms. The maximum Gasteiger partial charge on any atom is 0.178 e. The van der Waals surface area contributed by atoms with Crippen LogP contribution >= 0.6 is 0 Å². The van der Waals surface area contributed by atoms with E-state index in [-0.39, 0.29) is 17.3 Å². The van der Waals surface area contributed by atoms with Gasteiger partial charge in [-0.15, -0.1) is 0 Å². The first-order valence-electron chi connectivity index (χ1n) is 12.0. The van der Waals surface area contributed by atoms with E-state index in [4.69, 9.17) is 4.98 Å². The van der Waals surface area contributed by atoms with Gasteiger partial charge in [0, 0.05) is 23.7 Å². The molecule has 1 saturated carbocycles. The van der Waals surface area contributed by atoms with Crippen molar-refractivity contribution in [3.05, 3.63) is 89.8 Å². The summed E-state index contributed by atoms with van der Waals surface area (Å²) >= 11 is 0. The number of para-hydroxylation sites is 1. The van der Waals surface area contributed by atoms with Crippen LogP contribution in [-0.2, 0) is 22.9 Å². The molecule has 0 aliphatic heterocycles. The van der Waals surface area contributed by atoms with Gasteiger partial charge in [0.25, 0.3) is 0 Å². The average molecular weight is 504 g/mol. The van der Waals surface area contributed by atoms with Crippen molar-refractivity contribution in [2.75, 3.05) is 5.75 Å². The van der Waals surface area contributed by atoms with E-state index < -0.39 is 9.84 Å². The second kappa shape index (κ2) is 9.35. The number of fused-ring (bicyclic) bond motifs is 1. The van der Waals surface area contributed by atoms with Crippen molar-refractivity contribution in [1.82, 2.24) is 14.9 Å². The molecular formula is C28H29N3O4S. The van der Waals surface area contributed by atoms with Crippen molar-refractivity contribution in [1.29, 1.82) is 0 Å². The normalized spacial score (nSPS) is 13.7. The zero-order chi connectivity index (χ0) is 25.4. The van der Waals surface area contributed by atoms with Gasteiger partial charge in [-0.05, 0) is 54.3 Å². The molecule has 1 fully saturated rings. The fraction of sp³-hybridized carbons (Fsp3) is 0.250. The Morgan fingerprint density at radius 2 is 1.86 bits per heavy atom. The lowest BCUT2D eigenvalue weighted by Crippen LogP contribution is -2.11. The van der Waals surface area contributed by atoms with E-state index in [1.54, 1.807) is 25.1 Å². The monoisotopic (exact) mass is 503 g/mol. The fourth-order valence-electron chi connectivity index (χ4n) is 4.32. The number of benzene rings is 3. The summed E-state index contributed by atoms with van der Waals surface area (Å²) in [5, 5.41) is 23.5. The summed E-state index contributed by atoms with van der Waals surface area (Å²) in [7, 11) is -3.21. The van der Waals surface area contributed by atoms with Crippen molar-refractivity contribution < 1.29 is 18.6 Å². The third-order valence-corrected chi connectivity index (χ3v) is 8.41. The zero-order valence-corrected chi connectivity index (χ0v) is 20.9. The quantitative estimate of drug-likeness (QED) is 0.280. The van der Waals surface area contributed by atoms with Crippen LogP contribution in [0.2, 0.25) is 0 Å². The number of hydrogen-bond acceptors (Lipinski definition) is 6. The topological polar surface area (TPSA) is 104 Å². The minimum absolute atomic E-state index is 0.0804. The lowest BCUT2D eigenvalue weighted by atomic mass is 10.1. The van der Waals surface area contributed by atoms with Gasteiger partial charge in [-0.3, -0.25) is 0 Å². The summed E-state index contributed by atoms with van der Waals surface area (Å²) in [5.74, 6) is 1.25. The number of sulfone groups is 1. The summed E-state index contributed by atoms with van der Waals surface area (Å²) in [6.07, 6.45) is 2.18. The van der Waals surface area contributed by atoms with Crippen LogP contribution in [0, 0.1) is 0 Å². The summed E-state index contributed by atoms with van der Waals surface area (Å²) in [5.41, 5.74) is 5.08. The Morgan fingerprint density at radius 3 is 2.56 bits per heavy atom. The van der Waals surface area contributed by atoms with E-state index >= 15 is 0 Å². The van der Waals surface area contributed by atoms with Gasteiger partial charge in [0.2, 0.25) is 0 Å². The van der Waals surface area contributed by atoms with Gasteiger partial charge in [-0.2, -0.15) is 0 Å². The molecular weight excluding hydrogens is 474 g/mol. The Labute approximate surface area is 210 Å². The van der Waals surface area contributed by atoms with Crippen molar-refractivity contribution in [3.63, 3.8) is 0 Å². The van der Waals surface area contributed by atoms with E-state index in [0.717, 1.165) is 46.5 Å². The number of aromatic hydroxyl groups is 2. The van der Waals surface area contributed by atoms with Gasteiger partial charge in [-0.25, -0.2) is 13.4 Å². The lowest BCUT2D eigenvalue weighted by molar-refractivity contribution is 0.398. The van der Waals surface area contributed by atoms with Crippen molar-refractivity contribution >= 4 is 26.6 Å². The Kier molecular flexibility index (Phi) is 6.22. The molecule has 1 heterocycles. The molecule has 7 nitrogen and oxygen atoms in total. The predicted molar refractivity (Wildman–Crippen MR) is 141 cm³/mol. The Bertz CT molecular complexity index is 1550. The van der Waals surface area contributed by atoms with Gasteiger partial charge < -0.3 is 20.1 Å². The van der Waals surface area contributed by atoms with Crippen molar-refractivity contribution in [2.45, 2.75) is 43.7 Å². The summed E-state index contributed by atoms with van der Waals surface area (Å²) in [6.45, 7) is 6.75.